The first-order chi connectivity index (χ1) is 14.8. The molecule has 0 amide bonds. The lowest BCUT2D eigenvalue weighted by Crippen LogP contribution is -2.20. The van der Waals surface area contributed by atoms with Crippen LogP contribution < -0.4 is 15.4 Å². The van der Waals surface area contributed by atoms with Crippen molar-refractivity contribution in [3.8, 4) is 0 Å². The van der Waals surface area contributed by atoms with Gasteiger partial charge in [0.15, 0.2) is 5.65 Å². The van der Waals surface area contributed by atoms with E-state index in [0.29, 0.717) is 24.9 Å². The van der Waals surface area contributed by atoms with Crippen LogP contribution in [0.3, 0.4) is 0 Å². The zero-order chi connectivity index (χ0) is 22.0. The van der Waals surface area contributed by atoms with Crippen LogP contribution in [0.25, 0.3) is 11.0 Å². The number of rotatable bonds is 7. The van der Waals surface area contributed by atoms with Crippen molar-refractivity contribution < 1.29 is 8.42 Å². The summed E-state index contributed by atoms with van der Waals surface area (Å²) in [6, 6.07) is 16.5. The van der Waals surface area contributed by atoms with Crippen LogP contribution in [0.15, 0.2) is 65.7 Å². The summed E-state index contributed by atoms with van der Waals surface area (Å²) in [5, 5.41) is 13.6. The van der Waals surface area contributed by atoms with Gasteiger partial charge >= 0.3 is 0 Å². The number of benzene rings is 2. The molecule has 0 radical (unpaired) electrons. The zero-order valence-corrected chi connectivity index (χ0v) is 18.0. The standard InChI is InChI=1S/C21H23N7O2S/c1-27(14-16-6-4-3-5-7-16)21-25-19(18-13-24-28(2)20(18)26-21)23-12-15-8-10-17(11-9-15)31(22,29)30/h3-11,13H,12,14H2,1-2H3,(H2,22,29,30)(H,23,25,26). The molecule has 0 aliphatic carbocycles. The molecule has 2 aromatic carbocycles. The van der Waals surface area contributed by atoms with Gasteiger partial charge in [-0.05, 0) is 23.3 Å². The van der Waals surface area contributed by atoms with Gasteiger partial charge in [0.2, 0.25) is 16.0 Å². The highest BCUT2D eigenvalue weighted by Gasteiger charge is 2.15. The Morgan fingerprint density at radius 2 is 1.74 bits per heavy atom. The second-order valence-corrected chi connectivity index (χ2v) is 8.82. The van der Waals surface area contributed by atoms with E-state index in [0.717, 1.165) is 22.2 Å². The maximum absolute atomic E-state index is 11.4. The third-order valence-corrected chi connectivity index (χ3v) is 5.83. The molecular weight excluding hydrogens is 414 g/mol. The summed E-state index contributed by atoms with van der Waals surface area (Å²) in [5.74, 6) is 1.23. The van der Waals surface area contributed by atoms with Crippen LogP contribution in [0.4, 0.5) is 11.8 Å². The van der Waals surface area contributed by atoms with Gasteiger partial charge in [-0.15, -0.1) is 0 Å². The molecule has 4 aromatic rings. The Hall–Kier alpha value is -3.50. The molecular formula is C21H23N7O2S. The first kappa shape index (κ1) is 20.8. The van der Waals surface area contributed by atoms with Gasteiger partial charge in [-0.2, -0.15) is 15.1 Å². The largest absolute Gasteiger partial charge is 0.365 e. The Labute approximate surface area is 180 Å². The number of nitrogens with one attached hydrogen (secondary N) is 1. The lowest BCUT2D eigenvalue weighted by molar-refractivity contribution is 0.598. The van der Waals surface area contributed by atoms with Crippen molar-refractivity contribution in [3.05, 3.63) is 71.9 Å². The zero-order valence-electron chi connectivity index (χ0n) is 17.2. The predicted octanol–water partition coefficient (Wildman–Crippen LogP) is 2.26. The third-order valence-electron chi connectivity index (χ3n) is 4.90. The monoisotopic (exact) mass is 437 g/mol. The number of hydrogen-bond acceptors (Lipinski definition) is 7. The number of aryl methyl sites for hydroxylation is 1. The molecule has 9 nitrogen and oxygen atoms in total. The summed E-state index contributed by atoms with van der Waals surface area (Å²) in [7, 11) is 0.0728. The van der Waals surface area contributed by atoms with E-state index < -0.39 is 10.0 Å². The molecule has 0 fully saturated rings. The minimum Gasteiger partial charge on any atom is -0.365 e. The highest BCUT2D eigenvalue weighted by molar-refractivity contribution is 7.89. The van der Waals surface area contributed by atoms with Gasteiger partial charge in [0, 0.05) is 27.2 Å². The Morgan fingerprint density at radius 1 is 1.03 bits per heavy atom. The quantitative estimate of drug-likeness (QED) is 0.455. The molecule has 0 unspecified atom stereocenters. The van der Waals surface area contributed by atoms with Crippen molar-refractivity contribution in [2.45, 2.75) is 18.0 Å². The smallest absolute Gasteiger partial charge is 0.238 e. The highest BCUT2D eigenvalue weighted by Crippen LogP contribution is 2.24. The molecule has 160 valence electrons. The van der Waals surface area contributed by atoms with E-state index in [-0.39, 0.29) is 4.90 Å². The molecule has 4 rings (SSSR count). The maximum Gasteiger partial charge on any atom is 0.238 e. The molecule has 3 N–H and O–H groups in total. The summed E-state index contributed by atoms with van der Waals surface area (Å²) in [4.78, 5) is 11.5. The van der Waals surface area contributed by atoms with Crippen LogP contribution in [-0.4, -0.2) is 35.2 Å². The third kappa shape index (κ3) is 4.65. The van der Waals surface area contributed by atoms with Crippen LogP contribution in [0.5, 0.6) is 0 Å². The van der Waals surface area contributed by atoms with E-state index in [2.05, 4.69) is 27.5 Å². The Morgan fingerprint density at radius 3 is 2.42 bits per heavy atom. The lowest BCUT2D eigenvalue weighted by atomic mass is 10.2. The van der Waals surface area contributed by atoms with Gasteiger partial charge in [-0.25, -0.2) is 13.6 Å². The van der Waals surface area contributed by atoms with E-state index in [1.165, 1.54) is 12.1 Å². The van der Waals surface area contributed by atoms with Crippen molar-refractivity contribution in [1.29, 1.82) is 0 Å². The molecule has 0 atom stereocenters. The predicted molar refractivity (Wildman–Crippen MR) is 120 cm³/mol. The molecule has 0 aliphatic heterocycles. The number of sulfonamides is 1. The Kier molecular flexibility index (Phi) is 5.57. The Bertz CT molecular complexity index is 1300. The van der Waals surface area contributed by atoms with E-state index in [1.54, 1.807) is 23.0 Å². The number of nitrogens with zero attached hydrogens (tertiary/aromatic N) is 5. The van der Waals surface area contributed by atoms with Crippen molar-refractivity contribution in [3.63, 3.8) is 0 Å². The molecule has 2 aromatic heterocycles. The van der Waals surface area contributed by atoms with Gasteiger partial charge in [-0.1, -0.05) is 42.5 Å². The molecule has 0 saturated carbocycles. The van der Waals surface area contributed by atoms with E-state index in [4.69, 9.17) is 10.1 Å². The van der Waals surface area contributed by atoms with Crippen molar-refractivity contribution in [2.24, 2.45) is 12.2 Å². The number of aromatic nitrogens is 4. The van der Waals surface area contributed by atoms with E-state index >= 15 is 0 Å². The average Bonchev–Trinajstić information content (AvgIpc) is 3.13. The van der Waals surface area contributed by atoms with Crippen molar-refractivity contribution in [1.82, 2.24) is 19.7 Å². The highest BCUT2D eigenvalue weighted by atomic mass is 32.2. The SMILES string of the molecule is CN(Cc1ccccc1)c1nc(NCc2ccc(S(N)(=O)=O)cc2)c2cnn(C)c2n1. The van der Waals surface area contributed by atoms with Crippen LogP contribution in [0.1, 0.15) is 11.1 Å². The molecule has 0 bridgehead atoms. The fraction of sp³-hybridized carbons (Fsp3) is 0.190. The second-order valence-electron chi connectivity index (χ2n) is 7.26. The average molecular weight is 438 g/mol. The van der Waals surface area contributed by atoms with Gasteiger partial charge in [-0.3, -0.25) is 4.68 Å². The van der Waals surface area contributed by atoms with Crippen LogP contribution in [0.2, 0.25) is 0 Å². The molecule has 10 heteroatoms. The van der Waals surface area contributed by atoms with Crippen molar-refractivity contribution in [2.75, 3.05) is 17.3 Å². The molecule has 31 heavy (non-hydrogen) atoms. The maximum atomic E-state index is 11.4. The first-order valence-electron chi connectivity index (χ1n) is 9.62. The van der Waals surface area contributed by atoms with Crippen LogP contribution >= 0.6 is 0 Å². The van der Waals surface area contributed by atoms with Gasteiger partial charge in [0.1, 0.15) is 5.82 Å². The molecule has 0 saturated heterocycles. The number of fused-ring (bicyclic) bond motifs is 1. The Balaban J connectivity index is 1.59. The lowest BCUT2D eigenvalue weighted by Gasteiger charge is -2.18. The van der Waals surface area contributed by atoms with Crippen LogP contribution in [0, 0.1) is 0 Å². The van der Waals surface area contributed by atoms with E-state index in [1.807, 2.05) is 37.2 Å². The number of anilines is 2. The topological polar surface area (TPSA) is 119 Å². The summed E-state index contributed by atoms with van der Waals surface area (Å²) >= 11 is 0. The normalized spacial score (nSPS) is 11.6. The summed E-state index contributed by atoms with van der Waals surface area (Å²) in [6.07, 6.45) is 1.72. The molecule has 2 heterocycles. The minimum atomic E-state index is -3.71. The van der Waals surface area contributed by atoms with Gasteiger partial charge in [0.05, 0.1) is 16.5 Å². The minimum absolute atomic E-state index is 0.0813. The molecule has 0 spiro atoms. The van der Waals surface area contributed by atoms with Crippen molar-refractivity contribution >= 4 is 32.8 Å². The summed E-state index contributed by atoms with van der Waals surface area (Å²) in [5.41, 5.74) is 2.77. The van der Waals surface area contributed by atoms with Gasteiger partial charge < -0.3 is 10.2 Å². The van der Waals surface area contributed by atoms with Crippen LogP contribution in [-0.2, 0) is 30.2 Å². The summed E-state index contributed by atoms with van der Waals surface area (Å²) in [6.45, 7) is 1.12. The fourth-order valence-corrected chi connectivity index (χ4v) is 3.74. The number of primary sulfonamides is 1. The first-order valence-corrected chi connectivity index (χ1v) is 11.2. The fourth-order valence-electron chi connectivity index (χ4n) is 3.23. The van der Waals surface area contributed by atoms with E-state index in [9.17, 15) is 8.42 Å². The second kappa shape index (κ2) is 8.32. The molecule has 0 aliphatic rings. The number of hydrogen-bond donors (Lipinski definition) is 2. The van der Waals surface area contributed by atoms with Gasteiger partial charge in [0.25, 0.3) is 0 Å². The number of nitrogens with two attached hydrogens (primary N) is 1. The summed E-state index contributed by atoms with van der Waals surface area (Å²) < 4.78 is 24.6.